The lowest BCUT2D eigenvalue weighted by Crippen LogP contribution is -2.15. The average molecular weight is 431 g/mol. The summed E-state index contributed by atoms with van der Waals surface area (Å²) in [6, 6.07) is 19.5. The molecule has 0 saturated heterocycles. The molecule has 1 aromatic heterocycles. The van der Waals surface area contributed by atoms with Crippen LogP contribution in [0, 0.1) is 0 Å². The lowest BCUT2D eigenvalue weighted by Gasteiger charge is -2.12. The molecule has 0 radical (unpaired) electrons. The number of anilines is 1. The maximum Gasteiger partial charge on any atom is 0.256 e. The van der Waals surface area contributed by atoms with Crippen molar-refractivity contribution in [2.45, 2.75) is 0 Å². The van der Waals surface area contributed by atoms with Crippen LogP contribution in [-0.2, 0) is 0 Å². The third-order valence-electron chi connectivity index (χ3n) is 5.04. The van der Waals surface area contributed by atoms with Crippen molar-refractivity contribution in [2.75, 3.05) is 19.2 Å². The minimum atomic E-state index is -0.310. The molecule has 6 nitrogen and oxygen atoms in total. The van der Waals surface area contributed by atoms with Crippen molar-refractivity contribution in [1.29, 1.82) is 0 Å². The van der Waals surface area contributed by atoms with Crippen LogP contribution in [0.3, 0.4) is 0 Å². The van der Waals surface area contributed by atoms with Gasteiger partial charge in [0.15, 0.2) is 16.9 Å². The highest BCUT2D eigenvalue weighted by Gasteiger charge is 2.20. The van der Waals surface area contributed by atoms with Gasteiger partial charge in [-0.3, -0.25) is 9.59 Å². The third kappa shape index (κ3) is 3.49. The normalized spacial score (nSPS) is 12.0. The van der Waals surface area contributed by atoms with Gasteiger partial charge in [-0.2, -0.15) is 0 Å². The number of fused-ring (bicyclic) bond motifs is 2. The summed E-state index contributed by atoms with van der Waals surface area (Å²) >= 11 is 1.36. The van der Waals surface area contributed by atoms with E-state index in [0.717, 1.165) is 4.70 Å². The molecule has 7 heteroatoms. The zero-order chi connectivity index (χ0) is 21.4. The van der Waals surface area contributed by atoms with E-state index < -0.39 is 0 Å². The standard InChI is InChI=1S/C24H17NO5S/c1-28-16-9-6-14(7-10-16)23(27)25-24-21(15-8-11-18-19(12-15)30-13-29-18)22(26)17-4-2-3-5-20(17)31-24/h2-12H,13H2,1H3,(H,25,27). The molecule has 2 heterocycles. The van der Waals surface area contributed by atoms with Crippen LogP contribution < -0.4 is 25.0 Å². The van der Waals surface area contributed by atoms with Gasteiger partial charge in [0.2, 0.25) is 6.79 Å². The predicted molar refractivity (Wildman–Crippen MR) is 121 cm³/mol. The second-order valence-electron chi connectivity index (χ2n) is 6.88. The molecule has 1 aliphatic rings. The fourth-order valence-corrected chi connectivity index (χ4v) is 4.56. The van der Waals surface area contributed by atoms with Crippen molar-refractivity contribution in [2.24, 2.45) is 0 Å². The molecule has 4 aromatic rings. The van der Waals surface area contributed by atoms with Gasteiger partial charge in [0.25, 0.3) is 5.91 Å². The minimum Gasteiger partial charge on any atom is -0.497 e. The van der Waals surface area contributed by atoms with Crippen LogP contribution in [0.25, 0.3) is 21.2 Å². The van der Waals surface area contributed by atoms with E-state index in [2.05, 4.69) is 5.32 Å². The number of amides is 1. The zero-order valence-corrected chi connectivity index (χ0v) is 17.3. The van der Waals surface area contributed by atoms with Gasteiger partial charge < -0.3 is 19.5 Å². The van der Waals surface area contributed by atoms with Gasteiger partial charge in [-0.05, 0) is 54.1 Å². The third-order valence-corrected chi connectivity index (χ3v) is 6.12. The molecular formula is C24H17NO5S. The average Bonchev–Trinajstić information content (AvgIpc) is 3.27. The van der Waals surface area contributed by atoms with Crippen molar-refractivity contribution >= 4 is 32.3 Å². The molecule has 154 valence electrons. The number of carbonyl (C=O) groups is 1. The van der Waals surface area contributed by atoms with Crippen molar-refractivity contribution in [3.8, 4) is 28.4 Å². The molecule has 1 N–H and O–H groups in total. The maximum atomic E-state index is 13.4. The number of ether oxygens (including phenoxy) is 3. The number of hydrogen-bond acceptors (Lipinski definition) is 6. The molecule has 0 unspecified atom stereocenters. The summed E-state index contributed by atoms with van der Waals surface area (Å²) in [6.45, 7) is 0.143. The van der Waals surface area contributed by atoms with Crippen molar-refractivity contribution in [1.82, 2.24) is 0 Å². The van der Waals surface area contributed by atoms with Crippen LogP contribution in [0.15, 0.2) is 71.5 Å². The second kappa shape index (κ2) is 7.77. The Balaban J connectivity index is 1.63. The molecule has 0 spiro atoms. The van der Waals surface area contributed by atoms with E-state index in [9.17, 15) is 9.59 Å². The first-order valence-electron chi connectivity index (χ1n) is 9.55. The first kappa shape index (κ1) is 19.1. The molecular weight excluding hydrogens is 414 g/mol. The van der Waals surface area contributed by atoms with E-state index in [0.29, 0.717) is 44.3 Å². The summed E-state index contributed by atoms with van der Waals surface area (Å²) < 4.78 is 16.8. The van der Waals surface area contributed by atoms with Gasteiger partial charge >= 0.3 is 0 Å². The highest BCUT2D eigenvalue weighted by molar-refractivity contribution is 7.22. The SMILES string of the molecule is COc1ccc(C(=O)Nc2sc3ccccc3c(=O)c2-c2ccc3c(c2)OCO3)cc1. The summed E-state index contributed by atoms with van der Waals surface area (Å²) in [5.74, 6) is 1.55. The van der Waals surface area contributed by atoms with Crippen LogP contribution in [-0.4, -0.2) is 19.8 Å². The molecule has 0 fully saturated rings. The Morgan fingerprint density at radius 3 is 2.58 bits per heavy atom. The summed E-state index contributed by atoms with van der Waals surface area (Å²) in [5.41, 5.74) is 1.38. The predicted octanol–water partition coefficient (Wildman–Crippen LogP) is 4.92. The quantitative estimate of drug-likeness (QED) is 0.497. The molecule has 0 saturated carbocycles. The summed E-state index contributed by atoms with van der Waals surface area (Å²) in [4.78, 5) is 26.4. The lowest BCUT2D eigenvalue weighted by molar-refractivity contribution is 0.102. The Hall–Kier alpha value is -3.84. The number of rotatable bonds is 4. The van der Waals surface area contributed by atoms with E-state index in [1.807, 2.05) is 18.2 Å². The van der Waals surface area contributed by atoms with Gasteiger partial charge in [-0.1, -0.05) is 18.2 Å². The van der Waals surface area contributed by atoms with E-state index in [4.69, 9.17) is 14.2 Å². The molecule has 0 aliphatic carbocycles. The van der Waals surface area contributed by atoms with Crippen LogP contribution in [0.5, 0.6) is 17.2 Å². The highest BCUT2D eigenvalue weighted by Crippen LogP contribution is 2.39. The van der Waals surface area contributed by atoms with E-state index in [1.165, 1.54) is 11.3 Å². The molecule has 1 aliphatic heterocycles. The maximum absolute atomic E-state index is 13.4. The van der Waals surface area contributed by atoms with Crippen LogP contribution in [0.1, 0.15) is 10.4 Å². The summed E-state index contributed by atoms with van der Waals surface area (Å²) in [5, 5.41) is 4.01. The number of benzene rings is 3. The van der Waals surface area contributed by atoms with E-state index >= 15 is 0 Å². The highest BCUT2D eigenvalue weighted by atomic mass is 32.1. The first-order chi connectivity index (χ1) is 15.1. The Labute approximate surface area is 181 Å². The van der Waals surface area contributed by atoms with Crippen LogP contribution in [0.2, 0.25) is 0 Å². The lowest BCUT2D eigenvalue weighted by atomic mass is 10.0. The van der Waals surface area contributed by atoms with Crippen molar-refractivity contribution in [3.05, 3.63) is 82.5 Å². The smallest absolute Gasteiger partial charge is 0.256 e. The van der Waals surface area contributed by atoms with E-state index in [1.54, 1.807) is 55.6 Å². The first-order valence-corrected chi connectivity index (χ1v) is 10.4. The second-order valence-corrected chi connectivity index (χ2v) is 7.93. The van der Waals surface area contributed by atoms with Crippen LogP contribution >= 0.6 is 11.3 Å². The van der Waals surface area contributed by atoms with Gasteiger partial charge in [0, 0.05) is 15.6 Å². The fourth-order valence-electron chi connectivity index (χ4n) is 3.46. The molecule has 3 aromatic carbocycles. The van der Waals surface area contributed by atoms with Gasteiger partial charge in [0.1, 0.15) is 10.8 Å². The number of hydrogen-bond donors (Lipinski definition) is 1. The Morgan fingerprint density at radius 2 is 1.77 bits per heavy atom. The molecule has 0 bridgehead atoms. The molecule has 1 amide bonds. The van der Waals surface area contributed by atoms with Crippen molar-refractivity contribution < 1.29 is 19.0 Å². The van der Waals surface area contributed by atoms with E-state index in [-0.39, 0.29) is 18.1 Å². The minimum absolute atomic E-state index is 0.143. The Bertz CT molecular complexity index is 1360. The summed E-state index contributed by atoms with van der Waals surface area (Å²) in [6.07, 6.45) is 0. The molecule has 31 heavy (non-hydrogen) atoms. The van der Waals surface area contributed by atoms with Gasteiger partial charge in [-0.25, -0.2) is 0 Å². The number of methoxy groups -OCH3 is 1. The monoisotopic (exact) mass is 431 g/mol. The number of carbonyl (C=O) groups excluding carboxylic acids is 1. The topological polar surface area (TPSA) is 73.9 Å². The zero-order valence-electron chi connectivity index (χ0n) is 16.5. The molecule has 0 atom stereocenters. The van der Waals surface area contributed by atoms with Gasteiger partial charge in [0.05, 0.1) is 12.7 Å². The molecule has 5 rings (SSSR count). The fraction of sp³-hybridized carbons (Fsp3) is 0.0833. The Kier molecular flexibility index (Phi) is 4.80. The van der Waals surface area contributed by atoms with Gasteiger partial charge in [-0.15, -0.1) is 11.3 Å². The van der Waals surface area contributed by atoms with Crippen LogP contribution in [0.4, 0.5) is 5.00 Å². The Morgan fingerprint density at radius 1 is 1.00 bits per heavy atom. The largest absolute Gasteiger partial charge is 0.497 e. The van der Waals surface area contributed by atoms with Crippen molar-refractivity contribution in [3.63, 3.8) is 0 Å². The summed E-state index contributed by atoms with van der Waals surface area (Å²) in [7, 11) is 1.57. The number of nitrogens with one attached hydrogen (secondary N) is 1.